The highest BCUT2D eigenvalue weighted by atomic mass is 16.5. The number of hydrogen-bond acceptors (Lipinski definition) is 4. The van der Waals surface area contributed by atoms with Gasteiger partial charge in [-0.2, -0.15) is 0 Å². The molecule has 0 saturated heterocycles. The maximum absolute atomic E-state index is 5.07. The Morgan fingerprint density at radius 1 is 1.47 bits per heavy atom. The number of hydrogen-bond donors (Lipinski definition) is 1. The average molecular weight is 232 g/mol. The molecule has 5 heteroatoms. The minimum Gasteiger partial charge on any atom is -0.361 e. The third-order valence-corrected chi connectivity index (χ3v) is 2.82. The van der Waals surface area contributed by atoms with Crippen molar-refractivity contribution in [1.29, 1.82) is 0 Å². The lowest BCUT2D eigenvalue weighted by Gasteiger charge is -2.06. The van der Waals surface area contributed by atoms with Crippen LogP contribution in [-0.2, 0) is 6.54 Å². The molecule has 1 aliphatic carbocycles. The summed E-state index contributed by atoms with van der Waals surface area (Å²) in [5.41, 5.74) is 1.95. The van der Waals surface area contributed by atoms with Crippen LogP contribution < -0.4 is 5.32 Å². The van der Waals surface area contributed by atoms with Gasteiger partial charge in [0.15, 0.2) is 0 Å². The Kier molecular flexibility index (Phi) is 2.39. The van der Waals surface area contributed by atoms with Crippen LogP contribution in [-0.4, -0.2) is 20.7 Å². The smallest absolute Gasteiger partial charge is 0.203 e. The van der Waals surface area contributed by atoms with Crippen molar-refractivity contribution in [2.24, 2.45) is 0 Å². The maximum Gasteiger partial charge on any atom is 0.203 e. The van der Waals surface area contributed by atoms with Crippen LogP contribution in [0.15, 0.2) is 16.8 Å². The van der Waals surface area contributed by atoms with Crippen LogP contribution in [0.5, 0.6) is 0 Å². The summed E-state index contributed by atoms with van der Waals surface area (Å²) in [5.74, 6) is 1.78. The molecule has 0 atom stereocenters. The van der Waals surface area contributed by atoms with E-state index in [1.54, 1.807) is 0 Å². The Morgan fingerprint density at radius 2 is 2.29 bits per heavy atom. The Morgan fingerprint density at radius 3 is 2.94 bits per heavy atom. The molecule has 0 radical (unpaired) electrons. The number of nitrogens with zero attached hydrogens (tertiary/aromatic N) is 3. The van der Waals surface area contributed by atoms with Crippen LogP contribution in [0.1, 0.15) is 30.0 Å². The zero-order valence-corrected chi connectivity index (χ0v) is 10.1. The van der Waals surface area contributed by atoms with Crippen molar-refractivity contribution in [3.63, 3.8) is 0 Å². The molecular formula is C12H16N4O. The summed E-state index contributed by atoms with van der Waals surface area (Å²) in [5, 5.41) is 7.43. The van der Waals surface area contributed by atoms with Crippen LogP contribution in [0.25, 0.3) is 0 Å². The molecule has 1 aliphatic rings. The highest BCUT2D eigenvalue weighted by molar-refractivity contribution is 5.32. The van der Waals surface area contributed by atoms with Crippen molar-refractivity contribution in [3.8, 4) is 0 Å². The Balaban J connectivity index is 1.80. The molecule has 2 aromatic heterocycles. The maximum atomic E-state index is 5.07. The normalized spacial score (nSPS) is 15.2. The molecule has 2 heterocycles. The quantitative estimate of drug-likeness (QED) is 0.877. The predicted octanol–water partition coefficient (Wildman–Crippen LogP) is 2.11. The third kappa shape index (κ3) is 2.33. The second kappa shape index (κ2) is 3.91. The fraction of sp³-hybridized carbons (Fsp3) is 0.500. The van der Waals surface area contributed by atoms with E-state index in [1.165, 1.54) is 12.8 Å². The molecule has 0 aromatic carbocycles. The Hall–Kier alpha value is -1.78. The predicted molar refractivity (Wildman–Crippen MR) is 64.0 cm³/mol. The molecule has 0 bridgehead atoms. The molecule has 1 saturated carbocycles. The lowest BCUT2D eigenvalue weighted by molar-refractivity contribution is 0.389. The van der Waals surface area contributed by atoms with Gasteiger partial charge in [0, 0.05) is 18.3 Å². The van der Waals surface area contributed by atoms with Crippen molar-refractivity contribution < 1.29 is 4.52 Å². The summed E-state index contributed by atoms with van der Waals surface area (Å²) in [6.07, 6.45) is 4.53. The molecule has 2 aromatic rings. The van der Waals surface area contributed by atoms with Gasteiger partial charge >= 0.3 is 0 Å². The number of nitrogens with one attached hydrogen (secondary N) is 1. The van der Waals surface area contributed by atoms with Crippen LogP contribution in [0.4, 0.5) is 5.95 Å². The fourth-order valence-electron chi connectivity index (χ4n) is 1.86. The molecule has 1 fully saturated rings. The first kappa shape index (κ1) is 10.4. The van der Waals surface area contributed by atoms with Gasteiger partial charge < -0.3 is 14.4 Å². The summed E-state index contributed by atoms with van der Waals surface area (Å²) >= 11 is 0. The Bertz CT molecular complexity index is 524. The van der Waals surface area contributed by atoms with E-state index in [0.717, 1.165) is 23.1 Å². The van der Waals surface area contributed by atoms with Crippen LogP contribution in [0, 0.1) is 13.8 Å². The topological polar surface area (TPSA) is 55.9 Å². The lowest BCUT2D eigenvalue weighted by Crippen LogP contribution is -2.09. The molecule has 0 amide bonds. The van der Waals surface area contributed by atoms with E-state index in [2.05, 4.69) is 20.0 Å². The second-order valence-corrected chi connectivity index (χ2v) is 4.68. The minimum absolute atomic E-state index is 0.606. The van der Waals surface area contributed by atoms with E-state index in [1.807, 2.05) is 26.1 Å². The van der Waals surface area contributed by atoms with Gasteiger partial charge in [-0.3, -0.25) is 0 Å². The highest BCUT2D eigenvalue weighted by Crippen LogP contribution is 2.24. The fourth-order valence-corrected chi connectivity index (χ4v) is 1.86. The molecule has 1 N–H and O–H groups in total. The van der Waals surface area contributed by atoms with Crippen molar-refractivity contribution >= 4 is 5.95 Å². The number of aryl methyl sites for hydroxylation is 2. The van der Waals surface area contributed by atoms with Gasteiger partial charge in [0.25, 0.3) is 0 Å². The largest absolute Gasteiger partial charge is 0.361 e. The van der Waals surface area contributed by atoms with Crippen LogP contribution in [0.3, 0.4) is 0 Å². The van der Waals surface area contributed by atoms with Crippen molar-refractivity contribution in [1.82, 2.24) is 14.7 Å². The highest BCUT2D eigenvalue weighted by Gasteiger charge is 2.23. The van der Waals surface area contributed by atoms with Gasteiger partial charge in [-0.1, -0.05) is 5.16 Å². The molecule has 17 heavy (non-hydrogen) atoms. The number of rotatable bonds is 4. The van der Waals surface area contributed by atoms with Crippen molar-refractivity contribution in [2.75, 3.05) is 5.32 Å². The van der Waals surface area contributed by atoms with Crippen molar-refractivity contribution in [3.05, 3.63) is 29.4 Å². The standard InChI is InChI=1S/C12H16N4O/c1-8-6-16(7-11-5-9(2)17-15-11)12(13-8)14-10-3-4-10/h5-6,10H,3-4,7H2,1-2H3,(H,13,14). The number of anilines is 1. The van der Waals surface area contributed by atoms with E-state index in [4.69, 9.17) is 4.52 Å². The third-order valence-electron chi connectivity index (χ3n) is 2.82. The molecule has 3 rings (SSSR count). The summed E-state index contributed by atoms with van der Waals surface area (Å²) < 4.78 is 7.16. The lowest BCUT2D eigenvalue weighted by atomic mass is 10.4. The van der Waals surface area contributed by atoms with E-state index in [0.29, 0.717) is 12.6 Å². The summed E-state index contributed by atoms with van der Waals surface area (Å²) in [4.78, 5) is 4.49. The summed E-state index contributed by atoms with van der Waals surface area (Å²) in [6.45, 7) is 4.61. The Labute approximate surface area is 99.8 Å². The van der Waals surface area contributed by atoms with Gasteiger partial charge in [0.05, 0.1) is 12.2 Å². The van der Waals surface area contributed by atoms with E-state index in [-0.39, 0.29) is 0 Å². The zero-order chi connectivity index (χ0) is 11.8. The molecule has 0 spiro atoms. The number of imidazole rings is 1. The van der Waals surface area contributed by atoms with Crippen LogP contribution in [0.2, 0.25) is 0 Å². The monoisotopic (exact) mass is 232 g/mol. The summed E-state index contributed by atoms with van der Waals surface area (Å²) in [7, 11) is 0. The first-order chi connectivity index (χ1) is 8.20. The average Bonchev–Trinajstić information content (AvgIpc) is 2.89. The molecule has 0 aliphatic heterocycles. The van der Waals surface area contributed by atoms with Gasteiger partial charge in [-0.25, -0.2) is 4.98 Å². The molecular weight excluding hydrogens is 216 g/mol. The summed E-state index contributed by atoms with van der Waals surface area (Å²) in [6, 6.07) is 2.56. The van der Waals surface area contributed by atoms with E-state index < -0.39 is 0 Å². The minimum atomic E-state index is 0.606. The van der Waals surface area contributed by atoms with Gasteiger partial charge in [-0.05, 0) is 26.7 Å². The van der Waals surface area contributed by atoms with Gasteiger partial charge in [0.2, 0.25) is 5.95 Å². The molecule has 5 nitrogen and oxygen atoms in total. The van der Waals surface area contributed by atoms with Crippen molar-refractivity contribution in [2.45, 2.75) is 39.3 Å². The van der Waals surface area contributed by atoms with Gasteiger partial charge in [-0.15, -0.1) is 0 Å². The first-order valence-electron chi connectivity index (χ1n) is 5.93. The second-order valence-electron chi connectivity index (χ2n) is 4.68. The number of aromatic nitrogens is 3. The SMILES string of the molecule is Cc1cn(Cc2cc(C)on2)c(NC2CC2)n1. The molecule has 0 unspecified atom stereocenters. The molecule has 90 valence electrons. The van der Waals surface area contributed by atoms with E-state index in [9.17, 15) is 0 Å². The zero-order valence-electron chi connectivity index (χ0n) is 10.1. The first-order valence-corrected chi connectivity index (χ1v) is 5.93. The van der Waals surface area contributed by atoms with Gasteiger partial charge in [0.1, 0.15) is 11.5 Å². The van der Waals surface area contributed by atoms with Crippen LogP contribution >= 0.6 is 0 Å². The van der Waals surface area contributed by atoms with E-state index >= 15 is 0 Å².